The van der Waals surface area contributed by atoms with Gasteiger partial charge in [0.15, 0.2) is 0 Å². The Bertz CT molecular complexity index is 291. The van der Waals surface area contributed by atoms with Crippen molar-refractivity contribution in [1.29, 1.82) is 0 Å². The van der Waals surface area contributed by atoms with E-state index in [0.29, 0.717) is 0 Å². The van der Waals surface area contributed by atoms with Crippen LogP contribution >= 0.6 is 11.8 Å². The van der Waals surface area contributed by atoms with Gasteiger partial charge in [0.2, 0.25) is 0 Å². The third-order valence-electron chi connectivity index (χ3n) is 2.09. The zero-order valence-electron chi connectivity index (χ0n) is 10.9. The lowest BCUT2D eigenvalue weighted by atomic mass is 10.2. The topological polar surface area (TPSA) is 26.3 Å². The van der Waals surface area contributed by atoms with Gasteiger partial charge in [-0.1, -0.05) is 13.8 Å². The molecule has 0 amide bonds. The first-order chi connectivity index (χ1) is 8.47. The van der Waals surface area contributed by atoms with Crippen LogP contribution in [0.1, 0.15) is 27.2 Å². The van der Waals surface area contributed by atoms with Gasteiger partial charge in [-0.2, -0.15) is 22.0 Å². The van der Waals surface area contributed by atoms with Crippen molar-refractivity contribution >= 4 is 17.7 Å². The predicted octanol–water partition coefficient (Wildman–Crippen LogP) is 3.90. The number of hydrogen-bond acceptors (Lipinski definition) is 3. The highest BCUT2D eigenvalue weighted by Crippen LogP contribution is 2.39. The van der Waals surface area contributed by atoms with Crippen LogP contribution in [-0.4, -0.2) is 35.7 Å². The summed E-state index contributed by atoms with van der Waals surface area (Å²) in [5.74, 6) is -5.66. The van der Waals surface area contributed by atoms with Gasteiger partial charge in [-0.3, -0.25) is 4.79 Å². The molecule has 0 saturated carbocycles. The van der Waals surface area contributed by atoms with E-state index in [1.54, 1.807) is 0 Å². The van der Waals surface area contributed by atoms with Gasteiger partial charge >= 0.3 is 18.1 Å². The molecule has 0 saturated heterocycles. The highest BCUT2D eigenvalue weighted by molar-refractivity contribution is 8.00. The summed E-state index contributed by atoms with van der Waals surface area (Å²) in [6.07, 6.45) is -6.89. The van der Waals surface area contributed by atoms with E-state index in [4.69, 9.17) is 4.74 Å². The average Bonchev–Trinajstić information content (AvgIpc) is 2.23. The molecule has 19 heavy (non-hydrogen) atoms. The normalized spacial score (nSPS) is 14.6. The molecule has 1 atom stereocenters. The lowest BCUT2D eigenvalue weighted by Crippen LogP contribution is -2.37. The molecule has 0 aliphatic carbocycles. The molecule has 0 fully saturated rings. The minimum atomic E-state index is -5.55. The summed E-state index contributed by atoms with van der Waals surface area (Å²) in [6, 6.07) is 0. The lowest BCUT2D eigenvalue weighted by Gasteiger charge is -2.20. The maximum atomic E-state index is 12.6. The fourth-order valence-corrected chi connectivity index (χ4v) is 1.87. The van der Waals surface area contributed by atoms with Crippen molar-refractivity contribution < 1.29 is 31.5 Å². The fraction of sp³-hybridized carbons (Fsp3) is 0.909. The van der Waals surface area contributed by atoms with E-state index in [1.807, 2.05) is 13.8 Å². The number of alkyl halides is 5. The molecular weight excluding hydrogens is 291 g/mol. The summed E-state index contributed by atoms with van der Waals surface area (Å²) in [4.78, 5) is 11.3. The van der Waals surface area contributed by atoms with Crippen LogP contribution in [0.15, 0.2) is 0 Å². The Kier molecular flexibility index (Phi) is 7.10. The van der Waals surface area contributed by atoms with Crippen molar-refractivity contribution in [3.63, 3.8) is 0 Å². The number of thioether (sulfide) groups is 1. The van der Waals surface area contributed by atoms with E-state index in [1.165, 1.54) is 6.92 Å². The number of carbonyl (C=O) groups excluding carboxylic acids is 1. The van der Waals surface area contributed by atoms with Crippen LogP contribution < -0.4 is 0 Å². The van der Waals surface area contributed by atoms with Gasteiger partial charge in [-0.15, -0.1) is 11.8 Å². The summed E-state index contributed by atoms with van der Waals surface area (Å²) < 4.78 is 65.6. The molecule has 0 radical (unpaired) electrons. The van der Waals surface area contributed by atoms with Crippen LogP contribution in [0.3, 0.4) is 0 Å². The van der Waals surface area contributed by atoms with E-state index in [9.17, 15) is 26.7 Å². The minimum absolute atomic E-state index is 0.135. The number of rotatable bonds is 7. The maximum Gasteiger partial charge on any atom is 0.453 e. The van der Waals surface area contributed by atoms with Gasteiger partial charge in [0.1, 0.15) is 0 Å². The first-order valence-electron chi connectivity index (χ1n) is 5.70. The van der Waals surface area contributed by atoms with Crippen LogP contribution in [0.5, 0.6) is 0 Å². The molecule has 0 aliphatic rings. The molecular formula is C11H17F5O2S. The summed E-state index contributed by atoms with van der Waals surface area (Å²) >= 11 is 0.725. The van der Waals surface area contributed by atoms with Crippen LogP contribution in [0, 0.1) is 5.92 Å². The summed E-state index contributed by atoms with van der Waals surface area (Å²) in [7, 11) is 0. The highest BCUT2D eigenvalue weighted by atomic mass is 32.2. The average molecular weight is 308 g/mol. The Labute approximate surface area is 113 Å². The van der Waals surface area contributed by atoms with E-state index >= 15 is 0 Å². The SMILES string of the molecule is CC(C)COC(=O)C(C)SCCC(F)(F)C(F)(F)F. The smallest absolute Gasteiger partial charge is 0.453 e. The Morgan fingerprint density at radius 3 is 2.11 bits per heavy atom. The van der Waals surface area contributed by atoms with Crippen molar-refractivity contribution in [3.8, 4) is 0 Å². The van der Waals surface area contributed by atoms with Crippen LogP contribution in [0.4, 0.5) is 22.0 Å². The van der Waals surface area contributed by atoms with Crippen molar-refractivity contribution in [2.75, 3.05) is 12.4 Å². The van der Waals surface area contributed by atoms with Gasteiger partial charge in [0.05, 0.1) is 11.9 Å². The highest BCUT2D eigenvalue weighted by Gasteiger charge is 2.56. The third kappa shape index (κ3) is 6.98. The quantitative estimate of drug-likeness (QED) is 0.527. The second kappa shape index (κ2) is 7.31. The Morgan fingerprint density at radius 1 is 1.16 bits per heavy atom. The molecule has 0 heterocycles. The van der Waals surface area contributed by atoms with Crippen molar-refractivity contribution in [2.24, 2.45) is 5.92 Å². The van der Waals surface area contributed by atoms with Gasteiger partial charge in [0, 0.05) is 12.2 Å². The molecule has 0 aromatic carbocycles. The molecule has 0 N–H and O–H groups in total. The molecule has 0 aromatic heterocycles. The molecule has 8 heteroatoms. The minimum Gasteiger partial charge on any atom is -0.465 e. The molecule has 0 aliphatic heterocycles. The molecule has 0 aromatic rings. The van der Waals surface area contributed by atoms with Crippen molar-refractivity contribution in [3.05, 3.63) is 0 Å². The fourth-order valence-electron chi connectivity index (χ4n) is 0.940. The van der Waals surface area contributed by atoms with Gasteiger partial charge in [-0.05, 0) is 12.8 Å². The number of carbonyl (C=O) groups is 1. The summed E-state index contributed by atoms with van der Waals surface area (Å²) in [6.45, 7) is 5.27. The van der Waals surface area contributed by atoms with E-state index in [-0.39, 0.29) is 12.5 Å². The molecule has 2 nitrogen and oxygen atoms in total. The summed E-state index contributed by atoms with van der Waals surface area (Å²) in [5.41, 5.74) is 0. The van der Waals surface area contributed by atoms with Crippen LogP contribution in [0.2, 0.25) is 0 Å². The van der Waals surface area contributed by atoms with Crippen LogP contribution in [-0.2, 0) is 9.53 Å². The molecule has 0 rings (SSSR count). The number of hydrogen-bond donors (Lipinski definition) is 0. The van der Waals surface area contributed by atoms with Crippen molar-refractivity contribution in [1.82, 2.24) is 0 Å². The first-order valence-corrected chi connectivity index (χ1v) is 6.75. The monoisotopic (exact) mass is 308 g/mol. The second-order valence-corrected chi connectivity index (χ2v) is 5.94. The van der Waals surface area contributed by atoms with Gasteiger partial charge in [0.25, 0.3) is 0 Å². The molecule has 114 valence electrons. The Morgan fingerprint density at radius 2 is 1.68 bits per heavy atom. The Balaban J connectivity index is 4.04. The van der Waals surface area contributed by atoms with E-state index in [0.717, 1.165) is 11.8 Å². The van der Waals surface area contributed by atoms with Crippen molar-refractivity contribution in [2.45, 2.75) is 44.5 Å². The predicted molar refractivity (Wildman–Crippen MR) is 63.3 cm³/mol. The first kappa shape index (κ1) is 18.5. The molecule has 0 bridgehead atoms. The number of ether oxygens (including phenoxy) is 1. The second-order valence-electron chi connectivity index (χ2n) is 4.49. The lowest BCUT2D eigenvalue weighted by molar-refractivity contribution is -0.282. The molecule has 0 spiro atoms. The van der Waals surface area contributed by atoms with E-state index < -0.39 is 35.5 Å². The van der Waals surface area contributed by atoms with E-state index in [2.05, 4.69) is 0 Å². The molecule has 1 unspecified atom stereocenters. The van der Waals surface area contributed by atoms with Crippen LogP contribution in [0.25, 0.3) is 0 Å². The van der Waals surface area contributed by atoms with Gasteiger partial charge < -0.3 is 4.74 Å². The zero-order valence-corrected chi connectivity index (χ0v) is 11.7. The zero-order chi connectivity index (χ0) is 15.3. The number of halogens is 5. The standard InChI is InChI=1S/C11H17F5O2S/c1-7(2)6-18-9(17)8(3)19-5-4-10(12,13)11(14,15)16/h7-8H,4-6H2,1-3H3. The Hall–Kier alpha value is -0.530. The maximum absolute atomic E-state index is 12.6. The van der Waals surface area contributed by atoms with Gasteiger partial charge in [-0.25, -0.2) is 0 Å². The number of esters is 1. The largest absolute Gasteiger partial charge is 0.465 e. The third-order valence-corrected chi connectivity index (χ3v) is 3.22. The summed E-state index contributed by atoms with van der Waals surface area (Å²) in [5, 5.41) is -0.761.